The van der Waals surface area contributed by atoms with Crippen molar-refractivity contribution in [2.24, 2.45) is 5.41 Å². The van der Waals surface area contributed by atoms with Crippen molar-refractivity contribution in [2.75, 3.05) is 19.8 Å². The van der Waals surface area contributed by atoms with Crippen molar-refractivity contribution < 1.29 is 24.2 Å². The van der Waals surface area contributed by atoms with Crippen LogP contribution in [0.1, 0.15) is 20.3 Å². The van der Waals surface area contributed by atoms with Crippen LogP contribution in [-0.4, -0.2) is 47.5 Å². The number of imide groups is 1. The van der Waals surface area contributed by atoms with Gasteiger partial charge in [0.2, 0.25) is 11.8 Å². The van der Waals surface area contributed by atoms with Gasteiger partial charge >= 0.3 is 5.97 Å². The van der Waals surface area contributed by atoms with Gasteiger partial charge in [-0.05, 0) is 0 Å². The van der Waals surface area contributed by atoms with Gasteiger partial charge in [-0.25, -0.2) is 4.79 Å². The molecular weight excluding hydrogens is 214 g/mol. The zero-order valence-electron chi connectivity index (χ0n) is 9.36. The lowest BCUT2D eigenvalue weighted by Crippen LogP contribution is -2.35. The third-order valence-corrected chi connectivity index (χ3v) is 2.40. The molecule has 0 aliphatic carbocycles. The molecule has 0 spiro atoms. The van der Waals surface area contributed by atoms with E-state index in [1.165, 1.54) is 0 Å². The van der Waals surface area contributed by atoms with E-state index >= 15 is 0 Å². The van der Waals surface area contributed by atoms with Crippen LogP contribution in [0.5, 0.6) is 0 Å². The number of nitrogens with zero attached hydrogens (tertiary/aromatic N) is 1. The molecule has 0 aromatic rings. The van der Waals surface area contributed by atoms with E-state index in [0.717, 1.165) is 4.90 Å². The van der Waals surface area contributed by atoms with Gasteiger partial charge in [-0.1, -0.05) is 13.8 Å². The Labute approximate surface area is 93.2 Å². The summed E-state index contributed by atoms with van der Waals surface area (Å²) in [5.41, 5.74) is -0.649. The lowest BCUT2D eigenvalue weighted by molar-refractivity contribution is -0.143. The van der Waals surface area contributed by atoms with Gasteiger partial charge in [0.05, 0.1) is 18.6 Å². The molecule has 1 saturated heterocycles. The molecule has 16 heavy (non-hydrogen) atoms. The highest BCUT2D eigenvalue weighted by Crippen LogP contribution is 2.31. The third kappa shape index (κ3) is 2.79. The van der Waals surface area contributed by atoms with Crippen molar-refractivity contribution in [3.63, 3.8) is 0 Å². The van der Waals surface area contributed by atoms with Gasteiger partial charge < -0.3 is 9.84 Å². The number of amides is 2. The van der Waals surface area contributed by atoms with Gasteiger partial charge in [0.1, 0.15) is 6.61 Å². The van der Waals surface area contributed by atoms with Gasteiger partial charge in [0.15, 0.2) is 0 Å². The van der Waals surface area contributed by atoms with Gasteiger partial charge in [-0.15, -0.1) is 0 Å². The van der Waals surface area contributed by atoms with Crippen molar-refractivity contribution in [1.29, 1.82) is 0 Å². The zero-order chi connectivity index (χ0) is 12.3. The summed E-state index contributed by atoms with van der Waals surface area (Å²) in [5.74, 6) is -1.52. The summed E-state index contributed by atoms with van der Waals surface area (Å²) in [6.07, 6.45) is 0.199. The third-order valence-electron chi connectivity index (χ3n) is 2.40. The maximum absolute atomic E-state index is 11.7. The topological polar surface area (TPSA) is 83.9 Å². The highest BCUT2D eigenvalue weighted by atomic mass is 16.5. The van der Waals surface area contributed by atoms with Crippen LogP contribution in [0.25, 0.3) is 0 Å². The number of carbonyl (C=O) groups is 3. The first-order valence-corrected chi connectivity index (χ1v) is 4.99. The van der Waals surface area contributed by atoms with Crippen molar-refractivity contribution >= 4 is 17.8 Å². The maximum atomic E-state index is 11.7. The molecule has 0 bridgehead atoms. The van der Waals surface area contributed by atoms with Crippen molar-refractivity contribution in [3.8, 4) is 0 Å². The quantitative estimate of drug-likeness (QED) is 0.524. The molecule has 0 saturated carbocycles. The number of carbonyl (C=O) groups excluding carboxylic acids is 2. The fourth-order valence-electron chi connectivity index (χ4n) is 1.57. The second-order valence-electron chi connectivity index (χ2n) is 4.36. The van der Waals surface area contributed by atoms with Crippen LogP contribution >= 0.6 is 0 Å². The molecule has 90 valence electrons. The summed E-state index contributed by atoms with van der Waals surface area (Å²) in [4.78, 5) is 34.4. The van der Waals surface area contributed by atoms with Crippen LogP contribution < -0.4 is 0 Å². The zero-order valence-corrected chi connectivity index (χ0v) is 9.36. The number of aliphatic carboxylic acids is 1. The molecule has 1 rings (SSSR count). The van der Waals surface area contributed by atoms with Crippen molar-refractivity contribution in [1.82, 2.24) is 4.90 Å². The Morgan fingerprint density at radius 2 is 2.12 bits per heavy atom. The molecular formula is C10H15NO5. The number of carboxylic acid groups (broad SMARTS) is 1. The molecule has 1 N–H and O–H groups in total. The van der Waals surface area contributed by atoms with Crippen LogP contribution in [0.3, 0.4) is 0 Å². The summed E-state index contributed by atoms with van der Waals surface area (Å²) >= 11 is 0. The van der Waals surface area contributed by atoms with E-state index in [4.69, 9.17) is 9.84 Å². The Bertz CT molecular complexity index is 323. The van der Waals surface area contributed by atoms with Crippen LogP contribution in [0.15, 0.2) is 0 Å². The lowest BCUT2D eigenvalue weighted by Gasteiger charge is -2.17. The predicted molar refractivity (Wildman–Crippen MR) is 53.6 cm³/mol. The SMILES string of the molecule is CC1(C)CC(=O)N(CCOCC(=O)O)C1=O. The van der Waals surface area contributed by atoms with Gasteiger partial charge in [0, 0.05) is 6.42 Å². The Kier molecular flexibility index (Phi) is 3.64. The molecule has 6 heteroatoms. The van der Waals surface area contributed by atoms with E-state index in [-0.39, 0.29) is 31.4 Å². The predicted octanol–water partition coefficient (Wildman–Crippen LogP) is -0.127. The van der Waals surface area contributed by atoms with Crippen LogP contribution in [0.4, 0.5) is 0 Å². The summed E-state index contributed by atoms with van der Waals surface area (Å²) in [7, 11) is 0. The van der Waals surface area contributed by atoms with Crippen LogP contribution in [0.2, 0.25) is 0 Å². The summed E-state index contributed by atoms with van der Waals surface area (Å²) in [6, 6.07) is 0. The normalized spacial score (nSPS) is 19.2. The van der Waals surface area contributed by atoms with Gasteiger partial charge in [-0.2, -0.15) is 0 Å². The molecule has 0 aromatic heterocycles. The minimum Gasteiger partial charge on any atom is -0.480 e. The standard InChI is InChI=1S/C10H15NO5/c1-10(2)5-7(12)11(9(10)15)3-4-16-6-8(13)14/h3-6H2,1-2H3,(H,13,14). The average molecular weight is 229 g/mol. The molecule has 0 radical (unpaired) electrons. The summed E-state index contributed by atoms with van der Waals surface area (Å²) in [5, 5.41) is 8.32. The second-order valence-corrected chi connectivity index (χ2v) is 4.36. The smallest absolute Gasteiger partial charge is 0.329 e. The number of hydrogen-bond acceptors (Lipinski definition) is 4. The fraction of sp³-hybridized carbons (Fsp3) is 0.700. The van der Waals surface area contributed by atoms with E-state index < -0.39 is 18.0 Å². The van der Waals surface area contributed by atoms with Gasteiger partial charge in [-0.3, -0.25) is 14.5 Å². The number of likely N-dealkylation sites (tertiary alicyclic amines) is 1. The molecule has 1 aliphatic rings. The van der Waals surface area contributed by atoms with Gasteiger partial charge in [0.25, 0.3) is 0 Å². The van der Waals surface area contributed by atoms with E-state index in [1.54, 1.807) is 13.8 Å². The van der Waals surface area contributed by atoms with E-state index in [0.29, 0.717) is 0 Å². The Morgan fingerprint density at radius 3 is 2.56 bits per heavy atom. The first kappa shape index (κ1) is 12.6. The van der Waals surface area contributed by atoms with E-state index in [1.807, 2.05) is 0 Å². The average Bonchev–Trinajstić information content (AvgIpc) is 2.33. The first-order valence-electron chi connectivity index (χ1n) is 4.99. The fourth-order valence-corrected chi connectivity index (χ4v) is 1.57. The lowest BCUT2D eigenvalue weighted by atomic mass is 9.92. The molecule has 2 amide bonds. The van der Waals surface area contributed by atoms with Crippen LogP contribution in [0, 0.1) is 5.41 Å². The monoisotopic (exact) mass is 229 g/mol. The summed E-state index contributed by atoms with van der Waals surface area (Å²) < 4.78 is 4.78. The summed E-state index contributed by atoms with van der Waals surface area (Å²) in [6.45, 7) is 3.19. The van der Waals surface area contributed by atoms with Crippen molar-refractivity contribution in [3.05, 3.63) is 0 Å². The Balaban J connectivity index is 2.41. The Morgan fingerprint density at radius 1 is 1.50 bits per heavy atom. The minimum atomic E-state index is -1.07. The maximum Gasteiger partial charge on any atom is 0.329 e. The highest BCUT2D eigenvalue weighted by Gasteiger charge is 2.44. The van der Waals surface area contributed by atoms with E-state index in [9.17, 15) is 14.4 Å². The van der Waals surface area contributed by atoms with E-state index in [2.05, 4.69) is 0 Å². The molecule has 6 nitrogen and oxygen atoms in total. The molecule has 0 aromatic carbocycles. The second kappa shape index (κ2) is 4.61. The molecule has 1 fully saturated rings. The minimum absolute atomic E-state index is 0.0554. The number of carboxylic acids is 1. The molecule has 0 atom stereocenters. The largest absolute Gasteiger partial charge is 0.480 e. The molecule has 1 aliphatic heterocycles. The first-order chi connectivity index (χ1) is 7.34. The highest BCUT2D eigenvalue weighted by molar-refractivity contribution is 6.05. The Hall–Kier alpha value is -1.43. The van der Waals surface area contributed by atoms with Crippen molar-refractivity contribution in [2.45, 2.75) is 20.3 Å². The number of rotatable bonds is 5. The molecule has 0 unspecified atom stereocenters. The molecule has 1 heterocycles. The number of ether oxygens (including phenoxy) is 1. The number of hydrogen-bond donors (Lipinski definition) is 1. The van der Waals surface area contributed by atoms with Crippen LogP contribution in [-0.2, 0) is 19.1 Å².